The van der Waals surface area contributed by atoms with E-state index in [9.17, 15) is 4.79 Å². The number of ether oxygens (including phenoxy) is 1. The molecule has 0 saturated heterocycles. The van der Waals surface area contributed by atoms with Gasteiger partial charge in [0.15, 0.2) is 6.10 Å². The molecule has 0 aliphatic heterocycles. The smallest absolute Gasteiger partial charge is 0.258 e. The molecule has 6 heteroatoms. The van der Waals surface area contributed by atoms with Crippen LogP contribution in [0.4, 0.5) is 0 Å². The average molecular weight is 269 g/mol. The Hall–Kier alpha value is -0.640. The van der Waals surface area contributed by atoms with Crippen molar-refractivity contribution in [3.8, 4) is 5.75 Å². The van der Waals surface area contributed by atoms with Crippen molar-refractivity contribution in [1.82, 2.24) is 0 Å². The van der Waals surface area contributed by atoms with Crippen LogP contribution in [0.25, 0.3) is 0 Å². The zero-order valence-electron chi connectivity index (χ0n) is 7.76. The molecule has 0 fully saturated rings. The van der Waals surface area contributed by atoms with E-state index in [1.54, 1.807) is 0 Å². The van der Waals surface area contributed by atoms with E-state index in [2.05, 4.69) is 0 Å². The number of carbonyl (C=O) groups excluding carboxylic acids is 1. The van der Waals surface area contributed by atoms with Crippen molar-refractivity contribution in [2.24, 2.45) is 5.73 Å². The number of primary amides is 1. The van der Waals surface area contributed by atoms with Crippen LogP contribution >= 0.6 is 34.8 Å². The third kappa shape index (κ3) is 3.16. The minimum Gasteiger partial charge on any atom is -0.479 e. The summed E-state index contributed by atoms with van der Waals surface area (Å²) in [6, 6.07) is 2.88. The highest BCUT2D eigenvalue weighted by Gasteiger charge is 2.14. The Morgan fingerprint density at radius 1 is 1.27 bits per heavy atom. The van der Waals surface area contributed by atoms with Crippen LogP contribution < -0.4 is 10.5 Å². The number of amides is 1. The fourth-order valence-corrected chi connectivity index (χ4v) is 1.42. The molecule has 1 atom stereocenters. The van der Waals surface area contributed by atoms with Crippen LogP contribution in [-0.4, -0.2) is 12.0 Å². The van der Waals surface area contributed by atoms with Crippen molar-refractivity contribution >= 4 is 40.7 Å². The summed E-state index contributed by atoms with van der Waals surface area (Å²) in [7, 11) is 0. The molecule has 0 spiro atoms. The Morgan fingerprint density at radius 3 is 2.33 bits per heavy atom. The molecule has 82 valence electrons. The van der Waals surface area contributed by atoms with Crippen molar-refractivity contribution in [3.05, 3.63) is 27.2 Å². The minimum absolute atomic E-state index is 0.275. The highest BCUT2D eigenvalue weighted by atomic mass is 35.5. The summed E-state index contributed by atoms with van der Waals surface area (Å²) in [6.45, 7) is 1.52. The van der Waals surface area contributed by atoms with Gasteiger partial charge < -0.3 is 10.5 Å². The molecule has 1 unspecified atom stereocenters. The molecule has 1 aromatic carbocycles. The van der Waals surface area contributed by atoms with Crippen LogP contribution in [0, 0.1) is 0 Å². The number of rotatable bonds is 3. The molecular weight excluding hydrogens is 260 g/mol. The summed E-state index contributed by atoms with van der Waals surface area (Å²) < 4.78 is 5.19. The van der Waals surface area contributed by atoms with E-state index in [-0.39, 0.29) is 10.8 Å². The van der Waals surface area contributed by atoms with Gasteiger partial charge in [0.2, 0.25) is 0 Å². The van der Waals surface area contributed by atoms with Crippen molar-refractivity contribution < 1.29 is 9.53 Å². The minimum atomic E-state index is -0.778. The SMILES string of the molecule is CC(Oc1cc(Cl)c(Cl)cc1Cl)C(N)=O. The molecule has 2 N–H and O–H groups in total. The van der Waals surface area contributed by atoms with Gasteiger partial charge in [0.1, 0.15) is 5.75 Å². The lowest BCUT2D eigenvalue weighted by molar-refractivity contribution is -0.123. The molecule has 15 heavy (non-hydrogen) atoms. The van der Waals surface area contributed by atoms with Gasteiger partial charge >= 0.3 is 0 Å². The summed E-state index contributed by atoms with van der Waals surface area (Å²) in [5.41, 5.74) is 5.04. The van der Waals surface area contributed by atoms with Gasteiger partial charge in [0.25, 0.3) is 5.91 Å². The summed E-state index contributed by atoms with van der Waals surface area (Å²) in [5, 5.41) is 0.894. The Morgan fingerprint density at radius 2 is 1.80 bits per heavy atom. The molecule has 1 amide bonds. The molecule has 0 aliphatic carbocycles. The lowest BCUT2D eigenvalue weighted by Gasteiger charge is -2.13. The van der Waals surface area contributed by atoms with Crippen LogP contribution in [0.3, 0.4) is 0 Å². The van der Waals surface area contributed by atoms with E-state index in [4.69, 9.17) is 45.3 Å². The predicted octanol–water partition coefficient (Wildman–Crippen LogP) is 2.90. The van der Waals surface area contributed by atoms with E-state index in [1.165, 1.54) is 19.1 Å². The Bertz CT molecular complexity index is 395. The van der Waals surface area contributed by atoms with Gasteiger partial charge in [-0.1, -0.05) is 34.8 Å². The Kier molecular flexibility index (Phi) is 4.08. The summed E-state index contributed by atoms with van der Waals surface area (Å²) in [6.07, 6.45) is -0.778. The van der Waals surface area contributed by atoms with E-state index >= 15 is 0 Å². The molecule has 0 saturated carbocycles. The van der Waals surface area contributed by atoms with Gasteiger partial charge in [-0.15, -0.1) is 0 Å². The van der Waals surface area contributed by atoms with Gasteiger partial charge in [0, 0.05) is 6.07 Å². The van der Waals surface area contributed by atoms with Crippen molar-refractivity contribution in [2.45, 2.75) is 13.0 Å². The quantitative estimate of drug-likeness (QED) is 0.857. The highest BCUT2D eigenvalue weighted by Crippen LogP contribution is 2.34. The average Bonchev–Trinajstić information content (AvgIpc) is 2.13. The second kappa shape index (κ2) is 4.92. The van der Waals surface area contributed by atoms with Crippen molar-refractivity contribution in [3.63, 3.8) is 0 Å². The highest BCUT2D eigenvalue weighted by molar-refractivity contribution is 6.43. The molecule has 0 aromatic heterocycles. The standard InChI is InChI=1S/C9H8Cl3NO2/c1-4(9(13)14)15-8-3-6(11)5(10)2-7(8)12/h2-4H,1H3,(H2,13,14). The van der Waals surface area contributed by atoms with Crippen LogP contribution in [0.2, 0.25) is 15.1 Å². The summed E-state index contributed by atoms with van der Waals surface area (Å²) >= 11 is 17.3. The molecule has 0 aliphatic rings. The summed E-state index contributed by atoms with van der Waals surface area (Å²) in [5.74, 6) is -0.311. The first-order valence-electron chi connectivity index (χ1n) is 4.02. The number of nitrogens with two attached hydrogens (primary N) is 1. The third-order valence-electron chi connectivity index (χ3n) is 1.68. The van der Waals surface area contributed by atoms with Crippen molar-refractivity contribution in [1.29, 1.82) is 0 Å². The first-order valence-corrected chi connectivity index (χ1v) is 5.15. The summed E-state index contributed by atoms with van der Waals surface area (Å²) in [4.78, 5) is 10.8. The molecule has 3 nitrogen and oxygen atoms in total. The van der Waals surface area contributed by atoms with Gasteiger partial charge in [-0.2, -0.15) is 0 Å². The maximum absolute atomic E-state index is 10.8. The van der Waals surface area contributed by atoms with Crippen molar-refractivity contribution in [2.75, 3.05) is 0 Å². The zero-order chi connectivity index (χ0) is 11.6. The van der Waals surface area contributed by atoms with Gasteiger partial charge in [-0.25, -0.2) is 0 Å². The fourth-order valence-electron chi connectivity index (χ4n) is 0.843. The first kappa shape index (κ1) is 12.4. The molecule has 1 aromatic rings. The molecule has 1 rings (SSSR count). The van der Waals surface area contributed by atoms with Crippen LogP contribution in [0.5, 0.6) is 5.75 Å². The zero-order valence-corrected chi connectivity index (χ0v) is 10.0. The van der Waals surface area contributed by atoms with E-state index < -0.39 is 12.0 Å². The number of halogens is 3. The maximum Gasteiger partial charge on any atom is 0.258 e. The fraction of sp³-hybridized carbons (Fsp3) is 0.222. The second-order valence-electron chi connectivity index (χ2n) is 2.86. The predicted molar refractivity (Wildman–Crippen MR) is 60.8 cm³/mol. The lowest BCUT2D eigenvalue weighted by Crippen LogP contribution is -2.30. The molecule has 0 radical (unpaired) electrons. The number of hydrogen-bond donors (Lipinski definition) is 1. The van der Waals surface area contributed by atoms with E-state index in [1.807, 2.05) is 0 Å². The van der Waals surface area contributed by atoms with Crippen LogP contribution in [0.15, 0.2) is 12.1 Å². The van der Waals surface area contributed by atoms with E-state index in [0.29, 0.717) is 10.0 Å². The van der Waals surface area contributed by atoms with Gasteiger partial charge in [-0.05, 0) is 13.0 Å². The van der Waals surface area contributed by atoms with Gasteiger partial charge in [-0.3, -0.25) is 4.79 Å². The number of carbonyl (C=O) groups is 1. The molecule has 0 heterocycles. The normalized spacial score (nSPS) is 12.3. The maximum atomic E-state index is 10.8. The number of benzene rings is 1. The van der Waals surface area contributed by atoms with E-state index in [0.717, 1.165) is 0 Å². The molecular formula is C9H8Cl3NO2. The lowest BCUT2D eigenvalue weighted by atomic mass is 10.3. The largest absolute Gasteiger partial charge is 0.479 e. The molecule has 0 bridgehead atoms. The number of hydrogen-bond acceptors (Lipinski definition) is 2. The second-order valence-corrected chi connectivity index (χ2v) is 4.08. The topological polar surface area (TPSA) is 52.3 Å². The Labute approximate surface area is 102 Å². The van der Waals surface area contributed by atoms with Crippen LogP contribution in [-0.2, 0) is 4.79 Å². The third-order valence-corrected chi connectivity index (χ3v) is 2.70. The Balaban J connectivity index is 2.95. The first-order chi connectivity index (χ1) is 6.91. The monoisotopic (exact) mass is 267 g/mol. The van der Waals surface area contributed by atoms with Gasteiger partial charge in [0.05, 0.1) is 15.1 Å². The van der Waals surface area contributed by atoms with Crippen LogP contribution in [0.1, 0.15) is 6.92 Å².